The van der Waals surface area contributed by atoms with Crippen LogP contribution in [-0.2, 0) is 0 Å². The van der Waals surface area contributed by atoms with Crippen LogP contribution in [-0.4, -0.2) is 25.6 Å². The number of nitrogen functional groups attached to an aromatic ring is 1. The van der Waals surface area contributed by atoms with Crippen LogP contribution in [0.15, 0.2) is 6.33 Å². The Morgan fingerprint density at radius 1 is 1.33 bits per heavy atom. The van der Waals surface area contributed by atoms with Crippen molar-refractivity contribution in [3.8, 4) is 0 Å². The third-order valence-electron chi connectivity index (χ3n) is 4.40. The number of hydrogen-bond acceptors (Lipinski definition) is 5. The van der Waals surface area contributed by atoms with Gasteiger partial charge in [-0.05, 0) is 26.2 Å². The van der Waals surface area contributed by atoms with E-state index in [9.17, 15) is 0 Å². The van der Waals surface area contributed by atoms with E-state index in [0.29, 0.717) is 23.8 Å². The summed E-state index contributed by atoms with van der Waals surface area (Å²) >= 11 is 0. The molecule has 6 heteroatoms. The monoisotopic (exact) mass is 288 g/mol. The normalized spacial score (nSPS) is 18.0. The highest BCUT2D eigenvalue weighted by atomic mass is 15.2. The van der Waals surface area contributed by atoms with Crippen molar-refractivity contribution in [2.75, 3.05) is 11.1 Å². The van der Waals surface area contributed by atoms with Crippen LogP contribution in [0.1, 0.15) is 58.4 Å². The number of nitrogens with one attached hydrogen (secondary N) is 1. The lowest BCUT2D eigenvalue weighted by molar-refractivity contribution is 0.358. The minimum absolute atomic E-state index is 0.327. The Balaban J connectivity index is 1.98. The largest absolute Gasteiger partial charge is 0.382 e. The highest BCUT2D eigenvalue weighted by Gasteiger charge is 2.20. The van der Waals surface area contributed by atoms with Gasteiger partial charge >= 0.3 is 0 Å². The van der Waals surface area contributed by atoms with Gasteiger partial charge < -0.3 is 15.6 Å². The molecule has 0 aliphatic heterocycles. The molecule has 21 heavy (non-hydrogen) atoms. The maximum Gasteiger partial charge on any atom is 0.226 e. The smallest absolute Gasteiger partial charge is 0.226 e. The Bertz CT molecular complexity index is 614. The first kappa shape index (κ1) is 14.1. The number of fused-ring (bicyclic) bond motifs is 1. The molecule has 0 radical (unpaired) electrons. The fourth-order valence-electron chi connectivity index (χ4n) is 2.95. The van der Waals surface area contributed by atoms with E-state index in [-0.39, 0.29) is 0 Å². The molecular weight excluding hydrogens is 264 g/mol. The van der Waals surface area contributed by atoms with E-state index in [0.717, 1.165) is 17.6 Å². The molecule has 1 fully saturated rings. The van der Waals surface area contributed by atoms with Crippen molar-refractivity contribution in [2.45, 2.75) is 64.5 Å². The molecule has 2 heterocycles. The summed E-state index contributed by atoms with van der Waals surface area (Å²) in [6, 6.07) is 0.822. The Morgan fingerprint density at radius 2 is 2.10 bits per heavy atom. The molecule has 1 atom stereocenters. The topological polar surface area (TPSA) is 81.6 Å². The molecule has 3 rings (SSSR count). The van der Waals surface area contributed by atoms with Crippen LogP contribution in [0.25, 0.3) is 11.2 Å². The zero-order valence-corrected chi connectivity index (χ0v) is 12.8. The summed E-state index contributed by atoms with van der Waals surface area (Å²) < 4.78 is 2.19. The first-order chi connectivity index (χ1) is 10.2. The fraction of sp³-hybridized carbons (Fsp3) is 0.667. The SMILES string of the molecule is CCC(C)Nc1nc(N)c2ncn(C3CCCCC3)c2n1. The highest BCUT2D eigenvalue weighted by molar-refractivity contribution is 5.83. The van der Waals surface area contributed by atoms with Crippen molar-refractivity contribution in [3.63, 3.8) is 0 Å². The molecule has 1 aliphatic carbocycles. The van der Waals surface area contributed by atoms with Crippen molar-refractivity contribution in [1.82, 2.24) is 19.5 Å². The predicted molar refractivity (Wildman–Crippen MR) is 85.2 cm³/mol. The molecule has 0 spiro atoms. The van der Waals surface area contributed by atoms with Crippen LogP contribution in [0, 0.1) is 0 Å². The van der Waals surface area contributed by atoms with Gasteiger partial charge in [-0.3, -0.25) is 0 Å². The maximum absolute atomic E-state index is 6.05. The lowest BCUT2D eigenvalue weighted by atomic mass is 9.95. The minimum atomic E-state index is 0.327. The molecule has 6 nitrogen and oxygen atoms in total. The van der Waals surface area contributed by atoms with Gasteiger partial charge in [0.2, 0.25) is 5.95 Å². The van der Waals surface area contributed by atoms with Crippen LogP contribution in [0.3, 0.4) is 0 Å². The number of rotatable bonds is 4. The standard InChI is InChI=1S/C15H24N6/c1-3-10(2)18-15-19-13(16)12-14(20-15)21(9-17-12)11-7-5-4-6-8-11/h9-11H,3-8H2,1-2H3,(H3,16,18,19,20). The van der Waals surface area contributed by atoms with Gasteiger partial charge in [0.05, 0.1) is 6.33 Å². The maximum atomic E-state index is 6.05. The Kier molecular flexibility index (Phi) is 3.94. The number of nitrogens with zero attached hydrogens (tertiary/aromatic N) is 4. The second-order valence-corrected chi connectivity index (χ2v) is 6.00. The van der Waals surface area contributed by atoms with E-state index in [1.807, 2.05) is 6.33 Å². The Morgan fingerprint density at radius 3 is 2.81 bits per heavy atom. The van der Waals surface area contributed by atoms with E-state index < -0.39 is 0 Å². The van der Waals surface area contributed by atoms with Gasteiger partial charge in [0.15, 0.2) is 11.5 Å². The molecule has 0 aromatic carbocycles. The van der Waals surface area contributed by atoms with E-state index >= 15 is 0 Å². The summed E-state index contributed by atoms with van der Waals surface area (Å²) in [6.45, 7) is 4.24. The van der Waals surface area contributed by atoms with Gasteiger partial charge in [0, 0.05) is 12.1 Å². The van der Waals surface area contributed by atoms with Crippen LogP contribution in [0.2, 0.25) is 0 Å². The molecule has 2 aromatic rings. The first-order valence-electron chi connectivity index (χ1n) is 7.95. The summed E-state index contributed by atoms with van der Waals surface area (Å²) in [7, 11) is 0. The summed E-state index contributed by atoms with van der Waals surface area (Å²) in [5.41, 5.74) is 7.63. The fourth-order valence-corrected chi connectivity index (χ4v) is 2.95. The van der Waals surface area contributed by atoms with Gasteiger partial charge in [-0.2, -0.15) is 9.97 Å². The second kappa shape index (κ2) is 5.87. The van der Waals surface area contributed by atoms with Gasteiger partial charge in [-0.15, -0.1) is 0 Å². The van der Waals surface area contributed by atoms with Gasteiger partial charge in [-0.1, -0.05) is 26.2 Å². The average molecular weight is 288 g/mol. The molecule has 1 aliphatic rings. The molecule has 2 aromatic heterocycles. The van der Waals surface area contributed by atoms with Crippen molar-refractivity contribution in [2.24, 2.45) is 0 Å². The van der Waals surface area contributed by atoms with Gasteiger partial charge in [-0.25, -0.2) is 4.98 Å². The first-order valence-corrected chi connectivity index (χ1v) is 7.95. The Labute approximate surface area is 125 Å². The van der Waals surface area contributed by atoms with Crippen molar-refractivity contribution in [3.05, 3.63) is 6.33 Å². The van der Waals surface area contributed by atoms with Gasteiger partial charge in [0.25, 0.3) is 0 Å². The lowest BCUT2D eigenvalue weighted by Gasteiger charge is -2.23. The zero-order valence-electron chi connectivity index (χ0n) is 12.8. The number of imidazole rings is 1. The number of anilines is 2. The van der Waals surface area contributed by atoms with Crippen molar-refractivity contribution < 1.29 is 0 Å². The number of nitrogens with two attached hydrogens (primary N) is 1. The quantitative estimate of drug-likeness (QED) is 0.903. The molecule has 114 valence electrons. The van der Waals surface area contributed by atoms with E-state index in [1.165, 1.54) is 32.1 Å². The van der Waals surface area contributed by atoms with Crippen LogP contribution in [0.5, 0.6) is 0 Å². The van der Waals surface area contributed by atoms with Crippen LogP contribution >= 0.6 is 0 Å². The minimum Gasteiger partial charge on any atom is -0.382 e. The third-order valence-corrected chi connectivity index (χ3v) is 4.40. The van der Waals surface area contributed by atoms with E-state index in [1.54, 1.807) is 0 Å². The highest BCUT2D eigenvalue weighted by Crippen LogP contribution is 2.31. The van der Waals surface area contributed by atoms with Crippen molar-refractivity contribution in [1.29, 1.82) is 0 Å². The summed E-state index contributed by atoms with van der Waals surface area (Å²) in [4.78, 5) is 13.4. The molecule has 3 N–H and O–H groups in total. The van der Waals surface area contributed by atoms with E-state index in [4.69, 9.17) is 5.73 Å². The van der Waals surface area contributed by atoms with Gasteiger partial charge in [0.1, 0.15) is 5.52 Å². The lowest BCUT2D eigenvalue weighted by Crippen LogP contribution is -2.17. The van der Waals surface area contributed by atoms with E-state index in [2.05, 4.69) is 38.7 Å². The molecule has 1 unspecified atom stereocenters. The average Bonchev–Trinajstić information content (AvgIpc) is 2.92. The van der Waals surface area contributed by atoms with Crippen LogP contribution < -0.4 is 11.1 Å². The van der Waals surface area contributed by atoms with Crippen molar-refractivity contribution >= 4 is 22.9 Å². The molecule has 1 saturated carbocycles. The number of hydrogen-bond donors (Lipinski definition) is 2. The molecule has 0 saturated heterocycles. The summed E-state index contributed by atoms with van der Waals surface area (Å²) in [6.07, 6.45) is 9.18. The molecular formula is C15H24N6. The van der Waals surface area contributed by atoms with Crippen LogP contribution in [0.4, 0.5) is 11.8 Å². The Hall–Kier alpha value is -1.85. The summed E-state index contributed by atoms with van der Waals surface area (Å²) in [5, 5.41) is 3.30. The zero-order chi connectivity index (χ0) is 14.8. The third kappa shape index (κ3) is 2.80. The second-order valence-electron chi connectivity index (χ2n) is 6.00. The summed E-state index contributed by atoms with van der Waals surface area (Å²) in [5.74, 6) is 1.06. The number of aromatic nitrogens is 4. The molecule has 0 bridgehead atoms. The molecule has 0 amide bonds. The predicted octanol–water partition coefficient (Wildman–Crippen LogP) is 3.12.